The van der Waals surface area contributed by atoms with E-state index in [-0.39, 0.29) is 12.3 Å². The Morgan fingerprint density at radius 2 is 1.62 bits per heavy atom. The molecule has 0 aromatic carbocycles. The number of nitrogens with two attached hydrogens (primary N) is 2. The molecule has 0 atom stereocenters. The highest BCUT2D eigenvalue weighted by Crippen LogP contribution is 2.15. The molecule has 0 saturated heterocycles. The number of amides is 2. The smallest absolute Gasteiger partial charge is 0.240 e. The molecule has 0 heterocycles. The van der Waals surface area contributed by atoms with E-state index >= 15 is 0 Å². The Morgan fingerprint density at radius 1 is 1.19 bits per heavy atom. The van der Waals surface area contributed by atoms with Crippen molar-refractivity contribution in [1.29, 1.82) is 0 Å². The molecular weight excluding hydrogens is 206 g/mol. The van der Waals surface area contributed by atoms with Crippen LogP contribution in [0.15, 0.2) is 0 Å². The molecule has 0 fully saturated rings. The number of primary amides is 1. The number of carbonyl (C=O) groups is 2. The van der Waals surface area contributed by atoms with Gasteiger partial charge in [0.25, 0.3) is 0 Å². The van der Waals surface area contributed by atoms with Crippen LogP contribution in [0.4, 0.5) is 0 Å². The summed E-state index contributed by atoms with van der Waals surface area (Å²) in [5.74, 6) is -0.676. The molecule has 0 rings (SSSR count). The van der Waals surface area contributed by atoms with E-state index in [1.807, 2.05) is 13.8 Å². The maximum Gasteiger partial charge on any atom is 0.240 e. The van der Waals surface area contributed by atoms with Crippen molar-refractivity contribution < 1.29 is 9.59 Å². The van der Waals surface area contributed by atoms with Gasteiger partial charge in [-0.3, -0.25) is 9.59 Å². The Labute approximate surface area is 96.9 Å². The summed E-state index contributed by atoms with van der Waals surface area (Å²) in [6.07, 6.45) is 1.21. The van der Waals surface area contributed by atoms with Crippen molar-refractivity contribution in [2.24, 2.45) is 11.5 Å². The van der Waals surface area contributed by atoms with E-state index in [0.29, 0.717) is 12.8 Å². The van der Waals surface area contributed by atoms with E-state index in [0.717, 1.165) is 0 Å². The largest absolute Gasteiger partial charge is 0.370 e. The lowest BCUT2D eigenvalue weighted by atomic mass is 9.90. The second kappa shape index (κ2) is 5.30. The van der Waals surface area contributed by atoms with Gasteiger partial charge in [0.1, 0.15) is 0 Å². The van der Waals surface area contributed by atoms with Crippen LogP contribution in [0.5, 0.6) is 0 Å². The van der Waals surface area contributed by atoms with Gasteiger partial charge in [-0.25, -0.2) is 0 Å². The lowest BCUT2D eigenvalue weighted by molar-refractivity contribution is -0.129. The van der Waals surface area contributed by atoms with E-state index in [4.69, 9.17) is 11.5 Å². The summed E-state index contributed by atoms with van der Waals surface area (Å²) in [5.41, 5.74) is 9.54. The molecule has 5 heteroatoms. The molecular formula is C11H23N3O2. The van der Waals surface area contributed by atoms with Gasteiger partial charge in [-0.15, -0.1) is 0 Å². The van der Waals surface area contributed by atoms with Gasteiger partial charge in [0.2, 0.25) is 11.8 Å². The van der Waals surface area contributed by atoms with Crippen LogP contribution < -0.4 is 16.8 Å². The van der Waals surface area contributed by atoms with Crippen molar-refractivity contribution in [1.82, 2.24) is 5.32 Å². The van der Waals surface area contributed by atoms with Crippen LogP contribution in [-0.2, 0) is 9.59 Å². The minimum atomic E-state index is -0.866. The molecule has 0 aromatic heterocycles. The standard InChI is InChI=1S/C11H23N3O2/c1-5-11(13,6-2)9(16)14-10(3,4)7-8(12)15/h5-7,13H2,1-4H3,(H2,12,15)(H,14,16). The SMILES string of the molecule is CCC(N)(CC)C(=O)NC(C)(C)CC(N)=O. The predicted molar refractivity (Wildman–Crippen MR) is 63.5 cm³/mol. The summed E-state index contributed by atoms with van der Waals surface area (Å²) in [4.78, 5) is 22.8. The minimum Gasteiger partial charge on any atom is -0.370 e. The zero-order valence-corrected chi connectivity index (χ0v) is 10.6. The van der Waals surface area contributed by atoms with Crippen LogP contribution in [0.3, 0.4) is 0 Å². The summed E-state index contributed by atoms with van der Waals surface area (Å²) in [5, 5.41) is 2.77. The average molecular weight is 229 g/mol. The molecule has 0 saturated carbocycles. The fourth-order valence-corrected chi connectivity index (χ4v) is 1.48. The fraction of sp³-hybridized carbons (Fsp3) is 0.818. The van der Waals surface area contributed by atoms with Crippen LogP contribution in [-0.4, -0.2) is 22.9 Å². The number of nitrogens with one attached hydrogen (secondary N) is 1. The van der Waals surface area contributed by atoms with Crippen LogP contribution >= 0.6 is 0 Å². The van der Waals surface area contributed by atoms with Crippen molar-refractivity contribution in [2.45, 2.75) is 58.0 Å². The Morgan fingerprint density at radius 3 is 1.94 bits per heavy atom. The Balaban J connectivity index is 4.60. The molecule has 5 N–H and O–H groups in total. The number of hydrogen-bond donors (Lipinski definition) is 3. The highest BCUT2D eigenvalue weighted by molar-refractivity contribution is 5.87. The number of hydrogen-bond acceptors (Lipinski definition) is 3. The second-order valence-corrected chi connectivity index (χ2v) is 4.84. The monoisotopic (exact) mass is 229 g/mol. The van der Waals surface area contributed by atoms with Crippen molar-refractivity contribution in [3.05, 3.63) is 0 Å². The molecule has 2 amide bonds. The normalized spacial score (nSPS) is 12.3. The number of rotatable bonds is 6. The topological polar surface area (TPSA) is 98.2 Å². The van der Waals surface area contributed by atoms with E-state index in [1.54, 1.807) is 13.8 Å². The maximum absolute atomic E-state index is 11.9. The van der Waals surface area contributed by atoms with Crippen molar-refractivity contribution in [3.63, 3.8) is 0 Å². The molecule has 5 nitrogen and oxygen atoms in total. The first-order valence-electron chi connectivity index (χ1n) is 5.56. The summed E-state index contributed by atoms with van der Waals surface area (Å²) in [6, 6.07) is 0. The van der Waals surface area contributed by atoms with E-state index in [2.05, 4.69) is 5.32 Å². The van der Waals surface area contributed by atoms with E-state index < -0.39 is 17.0 Å². The molecule has 0 aliphatic carbocycles. The molecule has 0 aromatic rings. The van der Waals surface area contributed by atoms with Crippen molar-refractivity contribution in [2.75, 3.05) is 0 Å². The van der Waals surface area contributed by atoms with Gasteiger partial charge in [-0.05, 0) is 26.7 Å². The molecule has 0 aliphatic heterocycles. The lowest BCUT2D eigenvalue weighted by Gasteiger charge is -2.32. The third-order valence-electron chi connectivity index (χ3n) is 2.78. The molecule has 0 unspecified atom stereocenters. The maximum atomic E-state index is 11.9. The average Bonchev–Trinajstić information content (AvgIpc) is 2.13. The van der Waals surface area contributed by atoms with E-state index in [9.17, 15) is 9.59 Å². The van der Waals surface area contributed by atoms with Gasteiger partial charge in [-0.2, -0.15) is 0 Å². The highest BCUT2D eigenvalue weighted by Gasteiger charge is 2.34. The second-order valence-electron chi connectivity index (χ2n) is 4.84. The third-order valence-corrected chi connectivity index (χ3v) is 2.78. The minimum absolute atomic E-state index is 0.0995. The highest BCUT2D eigenvalue weighted by atomic mass is 16.2. The first kappa shape index (κ1) is 14.9. The van der Waals surface area contributed by atoms with E-state index in [1.165, 1.54) is 0 Å². The molecule has 0 bridgehead atoms. The van der Waals surface area contributed by atoms with Gasteiger partial charge in [0.15, 0.2) is 0 Å². The van der Waals surface area contributed by atoms with Gasteiger partial charge in [0, 0.05) is 12.0 Å². The van der Waals surface area contributed by atoms with Crippen LogP contribution in [0.2, 0.25) is 0 Å². The van der Waals surface area contributed by atoms with Gasteiger partial charge in [-0.1, -0.05) is 13.8 Å². The van der Waals surface area contributed by atoms with Crippen molar-refractivity contribution >= 4 is 11.8 Å². The van der Waals surface area contributed by atoms with Gasteiger partial charge < -0.3 is 16.8 Å². The quantitative estimate of drug-likeness (QED) is 0.610. The Hall–Kier alpha value is -1.10. The molecule has 94 valence electrons. The Bertz CT molecular complexity index is 270. The summed E-state index contributed by atoms with van der Waals surface area (Å²) >= 11 is 0. The predicted octanol–water partition coefficient (Wildman–Crippen LogP) is 0.274. The van der Waals surface area contributed by atoms with Crippen LogP contribution in [0, 0.1) is 0 Å². The molecule has 0 aliphatic rings. The summed E-state index contributed by atoms with van der Waals surface area (Å²) in [6.45, 7) is 7.23. The van der Waals surface area contributed by atoms with Crippen molar-refractivity contribution in [3.8, 4) is 0 Å². The summed E-state index contributed by atoms with van der Waals surface area (Å²) in [7, 11) is 0. The fourth-order valence-electron chi connectivity index (χ4n) is 1.48. The first-order valence-corrected chi connectivity index (χ1v) is 5.56. The zero-order chi connectivity index (χ0) is 13.0. The van der Waals surface area contributed by atoms with Crippen LogP contribution in [0.1, 0.15) is 47.0 Å². The molecule has 0 spiro atoms. The zero-order valence-electron chi connectivity index (χ0n) is 10.6. The van der Waals surface area contributed by atoms with Crippen LogP contribution in [0.25, 0.3) is 0 Å². The lowest BCUT2D eigenvalue weighted by Crippen LogP contribution is -2.58. The van der Waals surface area contributed by atoms with Gasteiger partial charge in [0.05, 0.1) is 5.54 Å². The van der Waals surface area contributed by atoms with Gasteiger partial charge >= 0.3 is 0 Å². The first-order chi connectivity index (χ1) is 7.17. The number of carbonyl (C=O) groups excluding carboxylic acids is 2. The Kier molecular flexibility index (Phi) is 4.93. The third kappa shape index (κ3) is 4.18. The summed E-state index contributed by atoms with van der Waals surface area (Å²) < 4.78 is 0. The molecule has 16 heavy (non-hydrogen) atoms. The molecule has 0 radical (unpaired) electrons.